The maximum Gasteiger partial charge on any atom is 0.178 e. The van der Waals surface area contributed by atoms with Crippen LogP contribution in [-0.2, 0) is 6.54 Å². The first-order chi connectivity index (χ1) is 8.65. The van der Waals surface area contributed by atoms with Gasteiger partial charge in [-0.05, 0) is 49.0 Å². The first kappa shape index (κ1) is 11.9. The predicted octanol–water partition coefficient (Wildman–Crippen LogP) is 4.42. The lowest BCUT2D eigenvalue weighted by atomic mass is 10.0. The van der Waals surface area contributed by atoms with Crippen LogP contribution in [0.4, 0.5) is 4.39 Å². The summed E-state index contributed by atoms with van der Waals surface area (Å²) < 4.78 is 16.4. The molecular formula is C14H17FN2S. The van der Waals surface area contributed by atoms with Gasteiger partial charge in [0.2, 0.25) is 0 Å². The number of H-pyrrole nitrogens is 1. The van der Waals surface area contributed by atoms with Gasteiger partial charge in [-0.3, -0.25) is 0 Å². The lowest BCUT2D eigenvalue weighted by Crippen LogP contribution is -2.11. The highest BCUT2D eigenvalue weighted by atomic mass is 32.1. The van der Waals surface area contributed by atoms with E-state index in [0.717, 1.165) is 12.1 Å². The number of nitrogens with zero attached hydrogens (tertiary/aromatic N) is 1. The summed E-state index contributed by atoms with van der Waals surface area (Å²) in [6.07, 6.45) is 4.97. The number of aromatic amines is 1. The van der Waals surface area contributed by atoms with Crippen molar-refractivity contribution in [2.45, 2.75) is 39.2 Å². The molecule has 1 N–H and O–H groups in total. The summed E-state index contributed by atoms with van der Waals surface area (Å²) >= 11 is 5.33. The van der Waals surface area contributed by atoms with E-state index in [1.165, 1.54) is 31.7 Å². The van der Waals surface area contributed by atoms with Crippen molar-refractivity contribution in [2.75, 3.05) is 0 Å². The van der Waals surface area contributed by atoms with Crippen molar-refractivity contribution >= 4 is 23.3 Å². The summed E-state index contributed by atoms with van der Waals surface area (Å²) in [5.41, 5.74) is 1.84. The summed E-state index contributed by atoms with van der Waals surface area (Å²) in [6, 6.07) is 5.15. The number of hydrogen-bond acceptors (Lipinski definition) is 1. The van der Waals surface area contributed by atoms with E-state index < -0.39 is 0 Å². The molecule has 0 radical (unpaired) electrons. The van der Waals surface area contributed by atoms with Gasteiger partial charge in [-0.15, -0.1) is 0 Å². The fraction of sp³-hybridized carbons (Fsp3) is 0.500. The highest BCUT2D eigenvalue weighted by molar-refractivity contribution is 7.71. The summed E-state index contributed by atoms with van der Waals surface area (Å²) in [5.74, 6) is -0.224. The van der Waals surface area contributed by atoms with E-state index in [1.54, 1.807) is 6.07 Å². The second-order valence-corrected chi connectivity index (χ2v) is 5.79. The molecule has 0 spiro atoms. The van der Waals surface area contributed by atoms with Gasteiger partial charge in [0.25, 0.3) is 0 Å². The Morgan fingerprint density at radius 1 is 1.44 bits per heavy atom. The standard InChI is InChI=1S/C14H17FN2S/c1-2-6-14(7-8-14)9-17-11-5-3-4-10(15)12(11)16-13(17)18/h3-5H,2,6-9H2,1H3,(H,16,18). The van der Waals surface area contributed by atoms with Crippen LogP contribution in [0.25, 0.3) is 11.0 Å². The van der Waals surface area contributed by atoms with Gasteiger partial charge in [0.15, 0.2) is 4.77 Å². The molecule has 2 nitrogen and oxygen atoms in total. The third-order valence-electron chi connectivity index (χ3n) is 3.99. The van der Waals surface area contributed by atoms with Gasteiger partial charge in [0, 0.05) is 6.54 Å². The summed E-state index contributed by atoms with van der Waals surface area (Å²) in [6.45, 7) is 3.14. The molecule has 1 aliphatic rings. The highest BCUT2D eigenvalue weighted by Crippen LogP contribution is 2.51. The smallest absolute Gasteiger partial charge is 0.178 e. The van der Waals surface area contributed by atoms with Crippen molar-refractivity contribution in [3.8, 4) is 0 Å². The molecular weight excluding hydrogens is 247 g/mol. The number of para-hydroxylation sites is 1. The van der Waals surface area contributed by atoms with Crippen LogP contribution in [-0.4, -0.2) is 9.55 Å². The monoisotopic (exact) mass is 264 g/mol. The van der Waals surface area contributed by atoms with Crippen LogP contribution in [0.5, 0.6) is 0 Å². The average molecular weight is 264 g/mol. The maximum absolute atomic E-state index is 13.7. The minimum atomic E-state index is -0.224. The van der Waals surface area contributed by atoms with E-state index >= 15 is 0 Å². The summed E-state index contributed by atoms with van der Waals surface area (Å²) in [4.78, 5) is 2.99. The Hall–Kier alpha value is -1.16. The maximum atomic E-state index is 13.7. The molecule has 3 rings (SSSR count). The predicted molar refractivity (Wildman–Crippen MR) is 73.7 cm³/mol. The highest BCUT2D eigenvalue weighted by Gasteiger charge is 2.42. The van der Waals surface area contributed by atoms with Crippen LogP contribution in [0.1, 0.15) is 32.6 Å². The average Bonchev–Trinajstić information content (AvgIpc) is 3.02. The van der Waals surface area contributed by atoms with Gasteiger partial charge in [0.05, 0.1) is 5.52 Å². The quantitative estimate of drug-likeness (QED) is 0.811. The Morgan fingerprint density at radius 2 is 2.22 bits per heavy atom. The molecule has 0 aliphatic heterocycles. The van der Waals surface area contributed by atoms with Crippen molar-refractivity contribution in [1.82, 2.24) is 9.55 Å². The molecule has 2 aromatic rings. The van der Waals surface area contributed by atoms with Crippen molar-refractivity contribution in [2.24, 2.45) is 5.41 Å². The molecule has 0 amide bonds. The van der Waals surface area contributed by atoms with Crippen LogP contribution < -0.4 is 0 Å². The summed E-state index contributed by atoms with van der Waals surface area (Å²) in [5, 5.41) is 0. The first-order valence-electron chi connectivity index (χ1n) is 6.52. The third-order valence-corrected chi connectivity index (χ3v) is 4.31. The van der Waals surface area contributed by atoms with E-state index in [9.17, 15) is 4.39 Å². The van der Waals surface area contributed by atoms with Gasteiger partial charge < -0.3 is 9.55 Å². The lowest BCUT2D eigenvalue weighted by Gasteiger charge is -2.15. The minimum absolute atomic E-state index is 0.224. The fourth-order valence-corrected chi connectivity index (χ4v) is 3.10. The minimum Gasteiger partial charge on any atom is -0.328 e. The number of halogens is 1. The number of hydrogen-bond donors (Lipinski definition) is 1. The Morgan fingerprint density at radius 3 is 2.89 bits per heavy atom. The number of nitrogens with one attached hydrogen (secondary N) is 1. The second-order valence-electron chi connectivity index (χ2n) is 5.40. The van der Waals surface area contributed by atoms with Gasteiger partial charge in [-0.25, -0.2) is 4.39 Å². The Bertz CT molecular complexity index is 637. The molecule has 0 saturated heterocycles. The zero-order valence-corrected chi connectivity index (χ0v) is 11.3. The number of imidazole rings is 1. The zero-order valence-electron chi connectivity index (χ0n) is 10.5. The molecule has 1 saturated carbocycles. The molecule has 18 heavy (non-hydrogen) atoms. The van der Waals surface area contributed by atoms with E-state index in [1.807, 2.05) is 6.07 Å². The van der Waals surface area contributed by atoms with E-state index in [2.05, 4.69) is 16.5 Å². The van der Waals surface area contributed by atoms with Crippen LogP contribution in [0.3, 0.4) is 0 Å². The van der Waals surface area contributed by atoms with Crippen molar-refractivity contribution in [3.05, 3.63) is 28.8 Å². The lowest BCUT2D eigenvalue weighted by molar-refractivity contribution is 0.391. The second kappa shape index (κ2) is 4.19. The number of fused-ring (bicyclic) bond motifs is 1. The topological polar surface area (TPSA) is 20.7 Å². The third kappa shape index (κ3) is 1.88. The molecule has 0 unspecified atom stereocenters. The first-order valence-corrected chi connectivity index (χ1v) is 6.93. The van der Waals surface area contributed by atoms with Gasteiger partial charge in [0.1, 0.15) is 11.3 Å². The van der Waals surface area contributed by atoms with Crippen molar-refractivity contribution < 1.29 is 4.39 Å². The molecule has 0 atom stereocenters. The Labute approximate surface area is 111 Å². The van der Waals surface area contributed by atoms with Crippen LogP contribution in [0.2, 0.25) is 0 Å². The molecule has 1 fully saturated rings. The van der Waals surface area contributed by atoms with Crippen LogP contribution in [0.15, 0.2) is 18.2 Å². The van der Waals surface area contributed by atoms with E-state index in [4.69, 9.17) is 12.2 Å². The molecule has 1 heterocycles. The Kier molecular flexibility index (Phi) is 2.77. The number of rotatable bonds is 4. The van der Waals surface area contributed by atoms with Crippen molar-refractivity contribution in [1.29, 1.82) is 0 Å². The Balaban J connectivity index is 2.04. The molecule has 0 bridgehead atoms. The molecule has 96 valence electrons. The molecule has 1 aromatic carbocycles. The normalized spacial score (nSPS) is 17.2. The molecule has 1 aliphatic carbocycles. The largest absolute Gasteiger partial charge is 0.328 e. The van der Waals surface area contributed by atoms with E-state index in [0.29, 0.717) is 15.7 Å². The van der Waals surface area contributed by atoms with Crippen LogP contribution in [0, 0.1) is 16.0 Å². The number of aromatic nitrogens is 2. The van der Waals surface area contributed by atoms with Crippen molar-refractivity contribution in [3.63, 3.8) is 0 Å². The number of benzene rings is 1. The molecule has 1 aromatic heterocycles. The molecule has 4 heteroatoms. The van der Waals surface area contributed by atoms with E-state index in [-0.39, 0.29) is 5.82 Å². The van der Waals surface area contributed by atoms with Gasteiger partial charge in [-0.1, -0.05) is 19.4 Å². The van der Waals surface area contributed by atoms with Gasteiger partial charge >= 0.3 is 0 Å². The SMILES string of the molecule is CCCC1(Cn2c(=S)[nH]c3c(F)cccc32)CC1. The van der Waals surface area contributed by atoms with Crippen LogP contribution >= 0.6 is 12.2 Å². The van der Waals surface area contributed by atoms with Gasteiger partial charge in [-0.2, -0.15) is 0 Å². The zero-order chi connectivity index (χ0) is 12.8. The summed E-state index contributed by atoms with van der Waals surface area (Å²) in [7, 11) is 0. The fourth-order valence-electron chi connectivity index (χ4n) is 2.83.